The number of carbonyl (C=O) groups is 2. The van der Waals surface area contributed by atoms with E-state index in [9.17, 15) is 18.0 Å². The summed E-state index contributed by atoms with van der Waals surface area (Å²) in [5.41, 5.74) is 9.71. The molecule has 4 N–H and O–H groups in total. The van der Waals surface area contributed by atoms with Crippen LogP contribution < -0.4 is 11.1 Å². The Balaban J connectivity index is 2.77. The van der Waals surface area contributed by atoms with Crippen LogP contribution in [0.2, 0.25) is 0 Å². The average Bonchev–Trinajstić information content (AvgIpc) is 2.58. The van der Waals surface area contributed by atoms with E-state index < -0.39 is 33.7 Å². The summed E-state index contributed by atoms with van der Waals surface area (Å²) < 4.78 is 30.7. The van der Waals surface area contributed by atoms with Crippen molar-refractivity contribution in [1.82, 2.24) is 5.32 Å². The van der Waals surface area contributed by atoms with Gasteiger partial charge in [-0.3, -0.25) is 14.1 Å². The van der Waals surface area contributed by atoms with Crippen LogP contribution >= 0.6 is 0 Å². The zero-order valence-corrected chi connectivity index (χ0v) is 19.8. The van der Waals surface area contributed by atoms with Crippen molar-refractivity contribution in [2.45, 2.75) is 59.9 Å². The Morgan fingerprint density at radius 3 is 2.42 bits per heavy atom. The molecule has 0 spiro atoms. The second-order valence-corrected chi connectivity index (χ2v) is 10.1. The first-order valence-electron chi connectivity index (χ1n) is 10.2. The summed E-state index contributed by atoms with van der Waals surface area (Å²) in [4.78, 5) is 23.2. The van der Waals surface area contributed by atoms with Gasteiger partial charge in [-0.2, -0.15) is 8.42 Å². The average molecular weight is 451 g/mol. The van der Waals surface area contributed by atoms with E-state index in [1.807, 2.05) is 13.0 Å². The lowest BCUT2D eigenvalue weighted by Crippen LogP contribution is -2.48. The van der Waals surface area contributed by atoms with Crippen LogP contribution in [0.5, 0.6) is 0 Å². The number of hydrogen-bond acceptors (Lipinski definition) is 4. The lowest BCUT2D eigenvalue weighted by atomic mass is 9.72. The molecule has 0 radical (unpaired) electrons. The Bertz CT molecular complexity index is 950. The molecular formula is C23H34N2O5S. The van der Waals surface area contributed by atoms with Gasteiger partial charge in [0.15, 0.2) is 0 Å². The molecule has 0 saturated heterocycles. The van der Waals surface area contributed by atoms with Gasteiger partial charge < -0.3 is 11.1 Å². The summed E-state index contributed by atoms with van der Waals surface area (Å²) in [6, 6.07) is -1.51. The Morgan fingerprint density at radius 1 is 1.23 bits per heavy atom. The monoisotopic (exact) mass is 450 g/mol. The summed E-state index contributed by atoms with van der Waals surface area (Å²) in [7, 11) is -4.46. The van der Waals surface area contributed by atoms with Crippen LogP contribution in [-0.4, -0.2) is 36.6 Å². The van der Waals surface area contributed by atoms with E-state index in [1.54, 1.807) is 19.1 Å². The molecule has 1 aliphatic rings. The van der Waals surface area contributed by atoms with E-state index in [2.05, 4.69) is 38.2 Å². The van der Waals surface area contributed by atoms with Gasteiger partial charge in [0.2, 0.25) is 11.8 Å². The van der Waals surface area contributed by atoms with E-state index >= 15 is 0 Å². The van der Waals surface area contributed by atoms with Crippen molar-refractivity contribution in [2.24, 2.45) is 11.1 Å². The first kappa shape index (κ1) is 26.6. The van der Waals surface area contributed by atoms with Gasteiger partial charge in [-0.15, -0.1) is 0 Å². The maximum atomic E-state index is 12.0. The van der Waals surface area contributed by atoms with Gasteiger partial charge in [0.25, 0.3) is 10.1 Å². The predicted molar refractivity (Wildman–Crippen MR) is 124 cm³/mol. The molecule has 0 aliphatic heterocycles. The van der Waals surface area contributed by atoms with Crippen LogP contribution in [0.1, 0.15) is 53.9 Å². The van der Waals surface area contributed by atoms with Gasteiger partial charge >= 0.3 is 0 Å². The van der Waals surface area contributed by atoms with E-state index in [4.69, 9.17) is 10.3 Å². The number of carbonyl (C=O) groups excluding carboxylic acids is 2. The van der Waals surface area contributed by atoms with Gasteiger partial charge in [-0.05, 0) is 56.6 Å². The van der Waals surface area contributed by atoms with Crippen LogP contribution in [0.25, 0.3) is 0 Å². The SMILES string of the molecule is CC1=C(/C=C/C(C)=C/C=C/C(C)=C/C(=O)N[C@@H](CS(=O)(=O)O)C(N)=O)C(C)(C)CCC1. The van der Waals surface area contributed by atoms with Crippen molar-refractivity contribution in [1.29, 1.82) is 0 Å². The van der Waals surface area contributed by atoms with Crippen molar-refractivity contribution >= 4 is 21.9 Å². The van der Waals surface area contributed by atoms with Gasteiger partial charge in [-0.25, -0.2) is 0 Å². The zero-order valence-electron chi connectivity index (χ0n) is 18.9. The molecule has 0 saturated carbocycles. The molecule has 7 nitrogen and oxygen atoms in total. The van der Waals surface area contributed by atoms with Gasteiger partial charge in [0, 0.05) is 6.08 Å². The van der Waals surface area contributed by atoms with Crippen LogP contribution in [0.3, 0.4) is 0 Å². The molecule has 0 aromatic carbocycles. The summed E-state index contributed by atoms with van der Waals surface area (Å²) in [6.45, 7) is 10.4. The highest BCUT2D eigenvalue weighted by Gasteiger charge is 2.26. The minimum absolute atomic E-state index is 0.180. The molecule has 0 heterocycles. The van der Waals surface area contributed by atoms with Crippen LogP contribution in [-0.2, 0) is 19.7 Å². The maximum absolute atomic E-state index is 12.0. The number of primary amides is 1. The van der Waals surface area contributed by atoms with E-state index in [0.29, 0.717) is 5.57 Å². The minimum atomic E-state index is -4.46. The molecule has 31 heavy (non-hydrogen) atoms. The van der Waals surface area contributed by atoms with E-state index in [0.717, 1.165) is 12.0 Å². The second kappa shape index (κ2) is 11.2. The Kier molecular flexibility index (Phi) is 9.65. The zero-order chi connectivity index (χ0) is 23.8. The summed E-state index contributed by atoms with van der Waals surface area (Å²) in [5, 5.41) is 2.18. The topological polar surface area (TPSA) is 127 Å². The Hall–Kier alpha value is -2.45. The Morgan fingerprint density at radius 2 is 1.87 bits per heavy atom. The molecular weight excluding hydrogens is 416 g/mol. The van der Waals surface area contributed by atoms with Gasteiger partial charge in [-0.1, -0.05) is 55.4 Å². The van der Waals surface area contributed by atoms with Gasteiger partial charge in [0.05, 0.1) is 0 Å². The summed E-state index contributed by atoms with van der Waals surface area (Å²) in [5.74, 6) is -2.71. The molecule has 2 amide bonds. The van der Waals surface area contributed by atoms with E-state index in [1.165, 1.54) is 30.1 Å². The predicted octanol–water partition coefficient (Wildman–Crippen LogP) is 3.38. The molecule has 1 rings (SSSR count). The first-order chi connectivity index (χ1) is 14.2. The van der Waals surface area contributed by atoms with Crippen LogP contribution in [0.4, 0.5) is 0 Å². The molecule has 0 aromatic heterocycles. The highest BCUT2D eigenvalue weighted by molar-refractivity contribution is 7.85. The second-order valence-electron chi connectivity index (χ2n) is 8.64. The van der Waals surface area contributed by atoms with Crippen molar-refractivity contribution in [2.75, 3.05) is 5.75 Å². The highest BCUT2D eigenvalue weighted by Crippen LogP contribution is 2.40. The third kappa shape index (κ3) is 9.93. The first-order valence-corrected chi connectivity index (χ1v) is 11.8. The fourth-order valence-electron chi connectivity index (χ4n) is 3.51. The van der Waals surface area contributed by atoms with E-state index in [-0.39, 0.29) is 5.41 Å². The number of nitrogens with two attached hydrogens (primary N) is 1. The van der Waals surface area contributed by atoms with Crippen LogP contribution in [0.15, 0.2) is 58.7 Å². The highest BCUT2D eigenvalue weighted by atomic mass is 32.2. The number of rotatable bonds is 9. The summed E-state index contributed by atoms with van der Waals surface area (Å²) in [6.07, 6.45) is 14.5. The molecule has 0 unspecified atom stereocenters. The lowest BCUT2D eigenvalue weighted by molar-refractivity contribution is -0.124. The quantitative estimate of drug-likeness (QED) is 0.282. The third-order valence-electron chi connectivity index (χ3n) is 5.17. The summed E-state index contributed by atoms with van der Waals surface area (Å²) >= 11 is 0. The molecule has 1 aliphatic carbocycles. The minimum Gasteiger partial charge on any atom is -0.368 e. The smallest absolute Gasteiger partial charge is 0.267 e. The standard InChI is InChI=1S/C23H34N2O5S/c1-16(11-12-19-18(3)10-7-13-23(19,4)5)8-6-9-17(2)14-21(26)25-20(22(24)27)15-31(28,29)30/h6,8-9,11-12,14,20H,7,10,13,15H2,1-5H3,(H2,24,27)(H,25,26)(H,28,29,30)/b9-6+,12-11+,16-8+,17-14+/t20-/m0/s1. The third-order valence-corrected chi connectivity index (χ3v) is 5.92. The van der Waals surface area contributed by atoms with Gasteiger partial charge in [0.1, 0.15) is 11.8 Å². The number of hydrogen-bond donors (Lipinski definition) is 3. The molecule has 0 fully saturated rings. The molecule has 1 atom stereocenters. The molecule has 0 aromatic rings. The number of amides is 2. The number of allylic oxidation sites excluding steroid dienone is 9. The normalized spacial score (nSPS) is 19.2. The van der Waals surface area contributed by atoms with Crippen molar-refractivity contribution in [3.8, 4) is 0 Å². The lowest BCUT2D eigenvalue weighted by Gasteiger charge is -2.32. The molecule has 172 valence electrons. The molecule has 8 heteroatoms. The van der Waals surface area contributed by atoms with Crippen molar-refractivity contribution in [3.63, 3.8) is 0 Å². The number of nitrogens with one attached hydrogen (secondary N) is 1. The van der Waals surface area contributed by atoms with Crippen molar-refractivity contribution < 1.29 is 22.6 Å². The Labute approximate surface area is 185 Å². The fourth-order valence-corrected chi connectivity index (χ4v) is 4.18. The largest absolute Gasteiger partial charge is 0.368 e. The fraction of sp³-hybridized carbons (Fsp3) is 0.478. The van der Waals surface area contributed by atoms with Crippen LogP contribution in [0, 0.1) is 5.41 Å². The molecule has 0 bridgehead atoms. The maximum Gasteiger partial charge on any atom is 0.267 e. The van der Waals surface area contributed by atoms with Crippen molar-refractivity contribution in [3.05, 3.63) is 58.7 Å².